The Kier molecular flexibility index (Phi) is 6.38. The van der Waals surface area contributed by atoms with Gasteiger partial charge in [-0.05, 0) is 104 Å². The lowest BCUT2D eigenvalue weighted by Gasteiger charge is -2.56. The van der Waals surface area contributed by atoms with Gasteiger partial charge < -0.3 is 9.32 Å². The number of hydrogen-bond acceptors (Lipinski definition) is 6. The van der Waals surface area contributed by atoms with Gasteiger partial charge in [0.2, 0.25) is 11.8 Å². The maximum absolute atomic E-state index is 13.1. The fourth-order valence-electron chi connectivity index (χ4n) is 8.25. The fourth-order valence-corrected chi connectivity index (χ4v) is 10.5. The number of nitrogens with one attached hydrogen (secondary N) is 1. The fraction of sp³-hybridized carbons (Fsp3) is 0.567. The molecule has 0 radical (unpaired) electrons. The number of benzene rings is 1. The zero-order valence-electron chi connectivity index (χ0n) is 21.6. The van der Waals surface area contributed by atoms with Crippen molar-refractivity contribution in [2.24, 2.45) is 23.2 Å². The third-order valence-electron chi connectivity index (χ3n) is 9.44. The highest BCUT2D eigenvalue weighted by Crippen LogP contribution is 2.61. The van der Waals surface area contributed by atoms with Gasteiger partial charge in [-0.25, -0.2) is 0 Å². The summed E-state index contributed by atoms with van der Waals surface area (Å²) in [6.45, 7) is 0.397. The third kappa shape index (κ3) is 4.61. The van der Waals surface area contributed by atoms with Crippen LogP contribution in [0.25, 0.3) is 0 Å². The van der Waals surface area contributed by atoms with Crippen LogP contribution in [0, 0.1) is 23.2 Å². The van der Waals surface area contributed by atoms with Crippen molar-refractivity contribution < 1.29 is 18.8 Å². The number of hydrogen-bond donors (Lipinski definition) is 1. The SMILES string of the molecule is O=C1CCC(N2Cc3c(SCc4ccc(CSCC56CC7CC(CC(C7)C5)C6)o4)cccc3C2=O)C(=O)N1. The number of amides is 3. The van der Waals surface area contributed by atoms with Crippen LogP contribution in [-0.4, -0.2) is 34.4 Å². The lowest BCUT2D eigenvalue weighted by atomic mass is 9.50. The van der Waals surface area contributed by atoms with Gasteiger partial charge in [0.05, 0.1) is 11.5 Å². The van der Waals surface area contributed by atoms with Gasteiger partial charge in [0, 0.05) is 23.4 Å². The van der Waals surface area contributed by atoms with Crippen LogP contribution in [0.5, 0.6) is 0 Å². The van der Waals surface area contributed by atoms with Crippen LogP contribution in [0.1, 0.15) is 78.8 Å². The van der Waals surface area contributed by atoms with Gasteiger partial charge in [0.25, 0.3) is 5.91 Å². The predicted octanol–water partition coefficient (Wildman–Crippen LogP) is 5.78. The smallest absolute Gasteiger partial charge is 0.255 e. The minimum absolute atomic E-state index is 0.131. The number of fused-ring (bicyclic) bond motifs is 1. The predicted molar refractivity (Wildman–Crippen MR) is 148 cm³/mol. The summed E-state index contributed by atoms with van der Waals surface area (Å²) in [7, 11) is 0. The number of furan rings is 1. The first-order chi connectivity index (χ1) is 18.4. The molecular weight excluding hydrogens is 516 g/mol. The third-order valence-corrected chi connectivity index (χ3v) is 11.9. The molecular formula is C30H34N2O4S2. The van der Waals surface area contributed by atoms with Crippen LogP contribution >= 0.6 is 23.5 Å². The number of carbonyl (C=O) groups is 3. The van der Waals surface area contributed by atoms with Crippen LogP contribution in [0.2, 0.25) is 0 Å². The van der Waals surface area contributed by atoms with Gasteiger partial charge in [0.1, 0.15) is 17.6 Å². The first-order valence-corrected chi connectivity index (χ1v) is 16.1. The number of piperidine rings is 1. The summed E-state index contributed by atoms with van der Waals surface area (Å²) in [6.07, 6.45) is 9.50. The van der Waals surface area contributed by atoms with Gasteiger partial charge in [-0.3, -0.25) is 19.7 Å². The molecule has 5 fully saturated rings. The standard InChI is InChI=1S/C30H34N2O4S2/c33-27-7-6-25(28(34)31-27)32-14-24-23(29(32)35)2-1-3-26(24)38-16-22-5-4-21(36-22)15-37-17-30-11-18-8-19(12-30)10-20(9-18)13-30/h1-5,18-20,25H,6-17H2,(H,31,33,34). The van der Waals surface area contributed by atoms with Crippen molar-refractivity contribution in [2.75, 3.05) is 5.75 Å². The van der Waals surface area contributed by atoms with E-state index in [1.807, 2.05) is 18.2 Å². The summed E-state index contributed by atoms with van der Waals surface area (Å²) in [5, 5.41) is 2.37. The van der Waals surface area contributed by atoms with Crippen molar-refractivity contribution in [3.63, 3.8) is 0 Å². The molecule has 1 N–H and O–H groups in total. The van der Waals surface area contributed by atoms with Crippen molar-refractivity contribution in [3.05, 3.63) is 53.0 Å². The molecule has 3 amide bonds. The van der Waals surface area contributed by atoms with Crippen LogP contribution < -0.4 is 5.32 Å². The highest BCUT2D eigenvalue weighted by atomic mass is 32.2. The molecule has 4 aliphatic carbocycles. The molecule has 4 bridgehead atoms. The first kappa shape index (κ1) is 24.8. The Balaban J connectivity index is 0.949. The van der Waals surface area contributed by atoms with Crippen molar-refractivity contribution in [1.29, 1.82) is 0 Å². The van der Waals surface area contributed by atoms with E-state index in [-0.39, 0.29) is 24.1 Å². The average molecular weight is 551 g/mol. The van der Waals surface area contributed by atoms with E-state index in [1.165, 1.54) is 44.3 Å². The Morgan fingerprint density at radius 3 is 2.37 bits per heavy atom. The molecule has 1 unspecified atom stereocenters. The highest BCUT2D eigenvalue weighted by molar-refractivity contribution is 7.98. The molecule has 8 heteroatoms. The van der Waals surface area contributed by atoms with Crippen molar-refractivity contribution in [1.82, 2.24) is 10.2 Å². The summed E-state index contributed by atoms with van der Waals surface area (Å²) in [6, 6.07) is 9.38. The summed E-state index contributed by atoms with van der Waals surface area (Å²) in [5.74, 6) is 7.13. The molecule has 2 aliphatic heterocycles. The normalized spacial score (nSPS) is 31.7. The van der Waals surface area contributed by atoms with Crippen molar-refractivity contribution in [2.45, 2.75) is 80.4 Å². The maximum Gasteiger partial charge on any atom is 0.255 e. The molecule has 1 aromatic heterocycles. The number of thioether (sulfide) groups is 2. The molecule has 1 atom stereocenters. The Labute approximate surface area is 232 Å². The van der Waals surface area contributed by atoms with Gasteiger partial charge in [-0.1, -0.05) is 6.07 Å². The summed E-state index contributed by atoms with van der Waals surface area (Å²) >= 11 is 3.73. The van der Waals surface area contributed by atoms with E-state index in [0.717, 1.165) is 45.5 Å². The second-order valence-corrected chi connectivity index (χ2v) is 14.3. The van der Waals surface area contributed by atoms with Gasteiger partial charge in [-0.15, -0.1) is 11.8 Å². The molecule has 6 nitrogen and oxygen atoms in total. The summed E-state index contributed by atoms with van der Waals surface area (Å²) in [5.41, 5.74) is 2.21. The van der Waals surface area contributed by atoms with Crippen LogP contribution in [0.4, 0.5) is 0 Å². The van der Waals surface area contributed by atoms with Crippen molar-refractivity contribution >= 4 is 41.2 Å². The topological polar surface area (TPSA) is 79.6 Å². The number of imide groups is 1. The average Bonchev–Trinajstić information content (AvgIpc) is 3.46. The molecule has 2 aromatic rings. The van der Waals surface area contributed by atoms with E-state index in [2.05, 4.69) is 29.2 Å². The maximum atomic E-state index is 13.1. The summed E-state index contributed by atoms with van der Waals surface area (Å²) in [4.78, 5) is 39.7. The van der Waals surface area contributed by atoms with Crippen molar-refractivity contribution in [3.8, 4) is 0 Å². The molecule has 38 heavy (non-hydrogen) atoms. The molecule has 1 saturated heterocycles. The molecule has 200 valence electrons. The Bertz CT molecular complexity index is 1250. The quantitative estimate of drug-likeness (QED) is 0.331. The van der Waals surface area contributed by atoms with E-state index in [1.54, 1.807) is 16.7 Å². The molecule has 1 aromatic carbocycles. The number of nitrogens with zero attached hydrogens (tertiary/aromatic N) is 1. The van der Waals surface area contributed by atoms with Gasteiger partial charge in [-0.2, -0.15) is 11.8 Å². The monoisotopic (exact) mass is 550 g/mol. The van der Waals surface area contributed by atoms with Crippen LogP contribution in [0.15, 0.2) is 39.6 Å². The van der Waals surface area contributed by atoms with E-state index in [0.29, 0.717) is 29.7 Å². The van der Waals surface area contributed by atoms with E-state index < -0.39 is 6.04 Å². The van der Waals surface area contributed by atoms with Crippen LogP contribution in [0.3, 0.4) is 0 Å². The number of rotatable bonds is 8. The summed E-state index contributed by atoms with van der Waals surface area (Å²) < 4.78 is 6.20. The van der Waals surface area contributed by atoms with E-state index in [9.17, 15) is 14.4 Å². The Morgan fingerprint density at radius 2 is 1.66 bits per heavy atom. The largest absolute Gasteiger partial charge is 0.464 e. The van der Waals surface area contributed by atoms with E-state index >= 15 is 0 Å². The van der Waals surface area contributed by atoms with Gasteiger partial charge in [0.15, 0.2) is 0 Å². The van der Waals surface area contributed by atoms with Gasteiger partial charge >= 0.3 is 0 Å². The van der Waals surface area contributed by atoms with E-state index in [4.69, 9.17) is 4.42 Å². The zero-order chi connectivity index (χ0) is 25.9. The second-order valence-electron chi connectivity index (χ2n) is 12.2. The minimum Gasteiger partial charge on any atom is -0.464 e. The molecule has 8 rings (SSSR count). The number of carbonyl (C=O) groups excluding carboxylic acids is 3. The zero-order valence-corrected chi connectivity index (χ0v) is 23.2. The molecule has 3 heterocycles. The van der Waals surface area contributed by atoms with Crippen LogP contribution in [-0.2, 0) is 27.6 Å². The molecule has 6 aliphatic rings. The lowest BCUT2D eigenvalue weighted by Crippen LogP contribution is -2.52. The minimum atomic E-state index is -0.589. The highest BCUT2D eigenvalue weighted by Gasteiger charge is 2.50. The molecule has 0 spiro atoms. The first-order valence-electron chi connectivity index (χ1n) is 14.0. The lowest BCUT2D eigenvalue weighted by molar-refractivity contribution is -0.136. The Hall–Kier alpha value is -2.19. The second kappa shape index (κ2) is 9.77. The molecule has 4 saturated carbocycles. The Morgan fingerprint density at radius 1 is 0.947 bits per heavy atom.